The molecule has 17 heavy (non-hydrogen) atoms. The van der Waals surface area contributed by atoms with Gasteiger partial charge in [-0.3, -0.25) is 0 Å². The number of benzene rings is 1. The first-order valence-corrected chi connectivity index (χ1v) is 7.08. The van der Waals surface area contributed by atoms with Crippen LogP contribution in [0.25, 0.3) is 0 Å². The molecule has 4 heteroatoms. The van der Waals surface area contributed by atoms with Gasteiger partial charge in [0.15, 0.2) is 0 Å². The van der Waals surface area contributed by atoms with Crippen molar-refractivity contribution in [2.45, 2.75) is 4.90 Å². The third kappa shape index (κ3) is 7.45. The fourth-order valence-electron chi connectivity index (χ4n) is 1.25. The zero-order valence-corrected chi connectivity index (χ0v) is 11.5. The molecular weight excluding hydrogens is 254 g/mol. The molecule has 0 saturated carbocycles. The first-order chi connectivity index (χ1) is 8.33. The van der Waals surface area contributed by atoms with Gasteiger partial charge in [-0.2, -0.15) is 0 Å². The lowest BCUT2D eigenvalue weighted by Gasteiger charge is -2.03. The van der Waals surface area contributed by atoms with Gasteiger partial charge in [0.1, 0.15) is 0 Å². The lowest BCUT2D eigenvalue weighted by atomic mass is 10.4. The highest BCUT2D eigenvalue weighted by molar-refractivity contribution is 7.99. The number of nitrogens with two attached hydrogens (primary N) is 1. The molecule has 0 aromatic heterocycles. The normalized spacial score (nSPS) is 10.4. The van der Waals surface area contributed by atoms with E-state index in [1.807, 2.05) is 30.3 Å². The molecule has 0 aliphatic heterocycles. The van der Waals surface area contributed by atoms with Crippen LogP contribution in [0.2, 0.25) is 5.02 Å². The van der Waals surface area contributed by atoms with Crippen LogP contribution >= 0.6 is 23.4 Å². The number of quaternary nitrogens is 1. The summed E-state index contributed by atoms with van der Waals surface area (Å²) in [5.41, 5.74) is 0. The van der Waals surface area contributed by atoms with E-state index in [-0.39, 0.29) is 0 Å². The van der Waals surface area contributed by atoms with E-state index in [1.165, 1.54) is 4.90 Å². The smallest absolute Gasteiger partial charge is 0.0995 e. The Balaban J connectivity index is 1.97. The molecule has 0 aliphatic carbocycles. The number of hydrogen-bond donors (Lipinski definition) is 1. The van der Waals surface area contributed by atoms with Crippen molar-refractivity contribution in [2.24, 2.45) is 0 Å². The van der Waals surface area contributed by atoms with Gasteiger partial charge in [-0.05, 0) is 30.3 Å². The molecule has 0 heterocycles. The van der Waals surface area contributed by atoms with Crippen LogP contribution in [0.5, 0.6) is 0 Å². The van der Waals surface area contributed by atoms with E-state index in [9.17, 15) is 0 Å². The molecule has 0 radical (unpaired) electrons. The molecule has 0 bridgehead atoms. The van der Waals surface area contributed by atoms with Crippen molar-refractivity contribution in [3.63, 3.8) is 0 Å². The second-order valence-electron chi connectivity index (χ2n) is 3.52. The van der Waals surface area contributed by atoms with Crippen molar-refractivity contribution in [3.05, 3.63) is 41.9 Å². The second-order valence-corrected chi connectivity index (χ2v) is 5.12. The maximum atomic E-state index is 5.81. The summed E-state index contributed by atoms with van der Waals surface area (Å²) in [4.78, 5) is 1.23. The molecule has 0 atom stereocenters. The summed E-state index contributed by atoms with van der Waals surface area (Å²) in [5, 5.41) is 2.96. The quantitative estimate of drug-likeness (QED) is 0.424. The molecule has 1 aromatic rings. The Morgan fingerprint density at radius 2 is 2.06 bits per heavy atom. The Labute approximate surface area is 112 Å². The minimum atomic E-state index is 0.781. The van der Waals surface area contributed by atoms with Crippen LogP contribution in [0.4, 0.5) is 0 Å². The summed E-state index contributed by atoms with van der Waals surface area (Å²) in [6.45, 7) is 7.21. The Morgan fingerprint density at radius 3 is 2.76 bits per heavy atom. The van der Waals surface area contributed by atoms with Crippen molar-refractivity contribution in [1.29, 1.82) is 0 Å². The van der Waals surface area contributed by atoms with Crippen molar-refractivity contribution in [1.82, 2.24) is 0 Å². The van der Waals surface area contributed by atoms with Gasteiger partial charge in [-0.25, -0.2) is 0 Å². The average molecular weight is 273 g/mol. The molecule has 0 amide bonds. The minimum Gasteiger partial charge on any atom is -0.375 e. The first-order valence-electron chi connectivity index (χ1n) is 5.71. The summed E-state index contributed by atoms with van der Waals surface area (Å²) in [7, 11) is 0. The maximum absolute atomic E-state index is 5.81. The van der Waals surface area contributed by atoms with Crippen LogP contribution in [-0.4, -0.2) is 32.1 Å². The van der Waals surface area contributed by atoms with Crippen molar-refractivity contribution >= 4 is 23.4 Å². The van der Waals surface area contributed by atoms with Gasteiger partial charge in [0, 0.05) is 15.7 Å². The third-order valence-electron chi connectivity index (χ3n) is 2.11. The molecule has 2 nitrogen and oxygen atoms in total. The van der Waals surface area contributed by atoms with Gasteiger partial charge in [0.25, 0.3) is 0 Å². The lowest BCUT2D eigenvalue weighted by Crippen LogP contribution is -2.84. The summed E-state index contributed by atoms with van der Waals surface area (Å²) < 4.78 is 5.51. The Bertz CT molecular complexity index is 316. The minimum absolute atomic E-state index is 0.781. The highest BCUT2D eigenvalue weighted by atomic mass is 35.5. The molecule has 0 fully saturated rings. The van der Waals surface area contributed by atoms with Crippen molar-refractivity contribution < 1.29 is 10.1 Å². The van der Waals surface area contributed by atoms with Crippen LogP contribution < -0.4 is 5.32 Å². The second kappa shape index (κ2) is 9.54. The van der Waals surface area contributed by atoms with E-state index in [0.29, 0.717) is 0 Å². The number of halogens is 1. The SMILES string of the molecule is C=CC[NH2+]CCOCCSc1ccc(Cl)cc1. The van der Waals surface area contributed by atoms with E-state index in [0.717, 1.165) is 37.1 Å². The molecule has 94 valence electrons. The number of rotatable bonds is 9. The fraction of sp³-hybridized carbons (Fsp3) is 0.385. The Hall–Kier alpha value is -0.480. The van der Waals surface area contributed by atoms with Crippen LogP contribution in [-0.2, 0) is 4.74 Å². The zero-order chi connectivity index (χ0) is 12.3. The number of hydrogen-bond acceptors (Lipinski definition) is 2. The molecule has 0 aliphatic rings. The van der Waals surface area contributed by atoms with Gasteiger partial charge in [-0.1, -0.05) is 18.2 Å². The third-order valence-corrected chi connectivity index (χ3v) is 3.34. The molecule has 0 unspecified atom stereocenters. The summed E-state index contributed by atoms with van der Waals surface area (Å²) >= 11 is 7.60. The van der Waals surface area contributed by atoms with Crippen molar-refractivity contribution in [3.8, 4) is 0 Å². The average Bonchev–Trinajstić information content (AvgIpc) is 2.35. The summed E-state index contributed by atoms with van der Waals surface area (Å²) in [6, 6.07) is 7.89. The topological polar surface area (TPSA) is 25.8 Å². The molecule has 0 spiro atoms. The largest absolute Gasteiger partial charge is 0.375 e. The predicted molar refractivity (Wildman–Crippen MR) is 74.9 cm³/mol. The van der Waals surface area contributed by atoms with Crippen LogP contribution in [0.15, 0.2) is 41.8 Å². The zero-order valence-electron chi connectivity index (χ0n) is 9.90. The van der Waals surface area contributed by atoms with E-state index in [1.54, 1.807) is 11.8 Å². The summed E-state index contributed by atoms with van der Waals surface area (Å²) in [5.74, 6) is 0.975. The van der Waals surface area contributed by atoms with E-state index < -0.39 is 0 Å². The van der Waals surface area contributed by atoms with Crippen LogP contribution in [0.1, 0.15) is 0 Å². The Morgan fingerprint density at radius 1 is 1.29 bits per heavy atom. The van der Waals surface area contributed by atoms with Gasteiger partial charge < -0.3 is 10.1 Å². The van der Waals surface area contributed by atoms with E-state index in [4.69, 9.17) is 16.3 Å². The molecular formula is C13H19ClNOS+. The summed E-state index contributed by atoms with van der Waals surface area (Å²) in [6.07, 6.45) is 1.90. The van der Waals surface area contributed by atoms with Crippen LogP contribution in [0, 0.1) is 0 Å². The van der Waals surface area contributed by atoms with Gasteiger partial charge >= 0.3 is 0 Å². The van der Waals surface area contributed by atoms with E-state index >= 15 is 0 Å². The number of thioether (sulfide) groups is 1. The van der Waals surface area contributed by atoms with Gasteiger partial charge in [-0.15, -0.1) is 11.8 Å². The van der Waals surface area contributed by atoms with Gasteiger partial charge in [0.05, 0.1) is 26.3 Å². The maximum Gasteiger partial charge on any atom is 0.0995 e. The molecule has 0 saturated heterocycles. The van der Waals surface area contributed by atoms with Crippen LogP contribution in [0.3, 0.4) is 0 Å². The fourth-order valence-corrected chi connectivity index (χ4v) is 2.15. The highest BCUT2D eigenvalue weighted by Gasteiger charge is 1.95. The standard InChI is InChI=1S/C13H18ClNOS/c1-2-7-15-8-9-16-10-11-17-13-5-3-12(14)4-6-13/h2-6,15H,1,7-11H2/p+1. The van der Waals surface area contributed by atoms with Crippen molar-refractivity contribution in [2.75, 3.05) is 32.1 Å². The monoisotopic (exact) mass is 272 g/mol. The first kappa shape index (κ1) is 14.6. The molecule has 1 aromatic carbocycles. The highest BCUT2D eigenvalue weighted by Crippen LogP contribution is 2.19. The predicted octanol–water partition coefficient (Wildman–Crippen LogP) is 2.20. The van der Waals surface area contributed by atoms with Gasteiger partial charge in [0.2, 0.25) is 0 Å². The number of ether oxygens (including phenoxy) is 1. The molecule has 1 rings (SSSR count). The van der Waals surface area contributed by atoms with E-state index in [2.05, 4.69) is 11.9 Å². The Kier molecular flexibility index (Phi) is 8.18. The lowest BCUT2D eigenvalue weighted by molar-refractivity contribution is -0.647. The molecule has 2 N–H and O–H groups in total.